The molecule has 0 amide bonds. The van der Waals surface area contributed by atoms with Gasteiger partial charge in [0, 0.05) is 42.0 Å². The molecule has 0 saturated carbocycles. The number of phenolic OH excluding ortho intramolecular Hbond substituents is 1. The number of rotatable bonds is 9. The summed E-state index contributed by atoms with van der Waals surface area (Å²) in [6.45, 7) is 16.5. The summed E-state index contributed by atoms with van der Waals surface area (Å²) in [7, 11) is 0. The molecular weight excluding hydrogens is 575 g/mol. The van der Waals surface area contributed by atoms with Crippen molar-refractivity contribution in [2.45, 2.75) is 71.7 Å². The number of anilines is 1. The van der Waals surface area contributed by atoms with Crippen LogP contribution in [-0.2, 0) is 14.3 Å². The van der Waals surface area contributed by atoms with Gasteiger partial charge in [-0.05, 0) is 77.6 Å². The van der Waals surface area contributed by atoms with E-state index in [-0.39, 0.29) is 11.4 Å². The lowest BCUT2D eigenvalue weighted by Gasteiger charge is -2.41. The summed E-state index contributed by atoms with van der Waals surface area (Å²) >= 11 is 0. The molecule has 0 bridgehead atoms. The van der Waals surface area contributed by atoms with Crippen molar-refractivity contribution in [2.75, 3.05) is 24.6 Å². The molecule has 0 aliphatic carbocycles. The Kier molecular flexibility index (Phi) is 8.75. The predicted octanol–water partition coefficient (Wildman–Crippen LogP) is 7.03. The Labute approximate surface area is 262 Å². The first-order valence-corrected chi connectivity index (χ1v) is 15.1. The number of aromatic hydroxyl groups is 1. The fourth-order valence-corrected chi connectivity index (χ4v) is 5.80. The van der Waals surface area contributed by atoms with Gasteiger partial charge in [-0.15, -0.1) is 6.58 Å². The number of benzene rings is 2. The number of aryl methyl sites for hydroxylation is 2. The Bertz CT molecular complexity index is 1750. The number of hydrogen-bond acceptors (Lipinski definition) is 7. The normalized spacial score (nSPS) is 15.8. The number of fused-ring (bicyclic) bond motifs is 1. The third-order valence-corrected chi connectivity index (χ3v) is 8.18. The van der Waals surface area contributed by atoms with Crippen molar-refractivity contribution in [1.29, 1.82) is 0 Å². The second-order valence-corrected chi connectivity index (χ2v) is 12.9. The molecule has 2 aromatic heterocycles. The van der Waals surface area contributed by atoms with Gasteiger partial charge in [0.2, 0.25) is 0 Å². The van der Waals surface area contributed by atoms with Crippen molar-refractivity contribution in [1.82, 2.24) is 14.6 Å². The summed E-state index contributed by atoms with van der Waals surface area (Å²) in [5.41, 5.74) is 3.49. The van der Waals surface area contributed by atoms with Gasteiger partial charge in [0.05, 0.1) is 29.1 Å². The van der Waals surface area contributed by atoms with Crippen LogP contribution in [0.1, 0.15) is 63.5 Å². The molecule has 9 nitrogen and oxygen atoms in total. The molecule has 1 saturated heterocycles. The van der Waals surface area contributed by atoms with E-state index < -0.39 is 23.5 Å². The molecular formula is C35H41FN4O5. The van der Waals surface area contributed by atoms with Gasteiger partial charge >= 0.3 is 5.97 Å². The van der Waals surface area contributed by atoms with Gasteiger partial charge in [-0.1, -0.05) is 24.3 Å². The first-order chi connectivity index (χ1) is 21.2. The third-order valence-electron chi connectivity index (χ3n) is 8.18. The summed E-state index contributed by atoms with van der Waals surface area (Å²) in [6, 6.07) is 12.1. The van der Waals surface area contributed by atoms with E-state index in [9.17, 15) is 19.4 Å². The van der Waals surface area contributed by atoms with Crippen molar-refractivity contribution in [3.63, 3.8) is 0 Å². The fraction of sp³-hybridized carbons (Fsp3) is 0.400. The molecule has 2 aromatic carbocycles. The average Bonchev–Trinajstić information content (AvgIpc) is 3.40. The number of carboxylic acid groups (broad SMARTS) is 1. The highest BCUT2D eigenvalue weighted by Gasteiger charge is 2.37. The van der Waals surface area contributed by atoms with Gasteiger partial charge in [-0.25, -0.2) is 14.2 Å². The number of carboxylic acids is 1. The number of ether oxygens (including phenoxy) is 2. The Hall–Kier alpha value is -4.28. The lowest BCUT2D eigenvalue weighted by molar-refractivity contribution is -0.160. The number of carbonyl (C=O) groups is 1. The predicted molar refractivity (Wildman–Crippen MR) is 172 cm³/mol. The van der Waals surface area contributed by atoms with E-state index in [4.69, 9.17) is 19.6 Å². The second-order valence-electron chi connectivity index (χ2n) is 12.9. The molecule has 1 aliphatic rings. The van der Waals surface area contributed by atoms with Gasteiger partial charge in [-0.3, -0.25) is 0 Å². The van der Waals surface area contributed by atoms with E-state index in [0.29, 0.717) is 64.8 Å². The molecule has 1 fully saturated rings. The number of hydrogen-bond donors (Lipinski definition) is 2. The molecule has 4 aromatic rings. The van der Waals surface area contributed by atoms with Crippen molar-refractivity contribution in [3.05, 3.63) is 77.8 Å². The molecule has 3 heterocycles. The SMILES string of the molecule is C=CCOC1(C)CCN(c2c(C(OC(C)(C)C)C(=O)O)c(C)nc3cc(-c4cccc(-c5cc(C)c(F)cc5O)c4)nn23)CC1. The number of aromatic nitrogens is 3. The molecule has 1 aliphatic heterocycles. The minimum Gasteiger partial charge on any atom is -0.507 e. The zero-order chi connectivity index (χ0) is 32.7. The van der Waals surface area contributed by atoms with Crippen LogP contribution in [0.3, 0.4) is 0 Å². The summed E-state index contributed by atoms with van der Waals surface area (Å²) < 4.78 is 28.0. The van der Waals surface area contributed by atoms with Gasteiger partial charge in [0.15, 0.2) is 11.8 Å². The first-order valence-electron chi connectivity index (χ1n) is 15.1. The van der Waals surface area contributed by atoms with Crippen LogP contribution >= 0.6 is 0 Å². The first kappa shape index (κ1) is 32.1. The molecule has 2 N–H and O–H groups in total. The average molecular weight is 617 g/mol. The smallest absolute Gasteiger partial charge is 0.337 e. The number of halogens is 1. The lowest BCUT2D eigenvalue weighted by atomic mass is 9.92. The van der Waals surface area contributed by atoms with E-state index in [2.05, 4.69) is 18.4 Å². The van der Waals surface area contributed by atoms with E-state index in [1.807, 2.05) is 51.1 Å². The van der Waals surface area contributed by atoms with Crippen LogP contribution in [0.4, 0.5) is 10.2 Å². The Morgan fingerprint density at radius 3 is 2.49 bits per heavy atom. The quantitative estimate of drug-likeness (QED) is 0.193. The van der Waals surface area contributed by atoms with E-state index in [1.165, 1.54) is 0 Å². The van der Waals surface area contributed by atoms with Crippen LogP contribution in [0, 0.1) is 19.7 Å². The summed E-state index contributed by atoms with van der Waals surface area (Å²) in [4.78, 5) is 19.7. The molecule has 238 valence electrons. The van der Waals surface area contributed by atoms with Crippen LogP contribution in [0.15, 0.2) is 55.1 Å². The summed E-state index contributed by atoms with van der Waals surface area (Å²) in [5.74, 6) is -1.12. The maximum atomic E-state index is 14.0. The number of piperidine rings is 1. The summed E-state index contributed by atoms with van der Waals surface area (Å²) in [5, 5.41) is 25.9. The number of nitrogens with zero attached hydrogens (tertiary/aromatic N) is 4. The standard InChI is InChI=1S/C35H41FN4O5/c1-8-16-44-35(7)12-14-39(15-13-35)32-30(31(33(42)43)45-34(4,5)6)22(3)37-29-20-27(38-40(29)32)24-11-9-10-23(18-24)25-17-21(2)26(36)19-28(25)41/h8-11,17-20,31,41H,1,12-16H2,2-7H3,(H,42,43). The van der Waals surface area contributed by atoms with Crippen LogP contribution < -0.4 is 4.90 Å². The minimum atomic E-state index is -1.28. The number of phenols is 1. The minimum absolute atomic E-state index is 0.151. The maximum absolute atomic E-state index is 14.0. The van der Waals surface area contributed by atoms with Gasteiger partial charge in [-0.2, -0.15) is 9.61 Å². The van der Waals surface area contributed by atoms with Crippen molar-refractivity contribution < 1.29 is 28.9 Å². The molecule has 10 heteroatoms. The molecule has 5 rings (SSSR count). The lowest BCUT2D eigenvalue weighted by Crippen LogP contribution is -2.45. The van der Waals surface area contributed by atoms with Crippen LogP contribution in [-0.4, -0.2) is 61.7 Å². The molecule has 45 heavy (non-hydrogen) atoms. The highest BCUT2D eigenvalue weighted by atomic mass is 19.1. The highest BCUT2D eigenvalue weighted by Crippen LogP contribution is 2.39. The van der Waals surface area contributed by atoms with Crippen LogP contribution in [0.2, 0.25) is 0 Å². The zero-order valence-corrected chi connectivity index (χ0v) is 26.7. The van der Waals surface area contributed by atoms with Crippen LogP contribution in [0.5, 0.6) is 5.75 Å². The summed E-state index contributed by atoms with van der Waals surface area (Å²) in [6.07, 6.45) is 1.91. The van der Waals surface area contributed by atoms with Crippen LogP contribution in [0.25, 0.3) is 28.0 Å². The Balaban J connectivity index is 1.65. The van der Waals surface area contributed by atoms with Crippen molar-refractivity contribution in [2.24, 2.45) is 0 Å². The Morgan fingerprint density at radius 1 is 1.16 bits per heavy atom. The zero-order valence-electron chi connectivity index (χ0n) is 26.7. The molecule has 1 unspecified atom stereocenters. The van der Waals surface area contributed by atoms with E-state index in [1.54, 1.807) is 30.5 Å². The largest absolute Gasteiger partial charge is 0.507 e. The third kappa shape index (κ3) is 6.72. The molecule has 1 atom stereocenters. The van der Waals surface area contributed by atoms with Gasteiger partial charge < -0.3 is 24.6 Å². The fourth-order valence-electron chi connectivity index (χ4n) is 5.80. The molecule has 0 spiro atoms. The molecule has 0 radical (unpaired) electrons. The van der Waals surface area contributed by atoms with E-state index >= 15 is 0 Å². The van der Waals surface area contributed by atoms with Gasteiger partial charge in [0.1, 0.15) is 17.4 Å². The monoisotopic (exact) mass is 616 g/mol. The van der Waals surface area contributed by atoms with Gasteiger partial charge in [0.25, 0.3) is 0 Å². The topological polar surface area (TPSA) is 109 Å². The number of aliphatic carboxylic acids is 1. The Morgan fingerprint density at radius 2 is 1.84 bits per heavy atom. The highest BCUT2D eigenvalue weighted by molar-refractivity contribution is 5.80. The van der Waals surface area contributed by atoms with E-state index in [0.717, 1.165) is 24.5 Å². The van der Waals surface area contributed by atoms with Crippen molar-refractivity contribution >= 4 is 17.4 Å². The maximum Gasteiger partial charge on any atom is 0.337 e. The second kappa shape index (κ2) is 12.3. The van der Waals surface area contributed by atoms with Crippen molar-refractivity contribution in [3.8, 4) is 28.1 Å².